The molecule has 0 aromatic heterocycles. The minimum atomic E-state index is -0.610. The Hall–Kier alpha value is -3.65. The third kappa shape index (κ3) is 5.82. The van der Waals surface area contributed by atoms with Crippen molar-refractivity contribution in [1.29, 1.82) is 0 Å². The van der Waals surface area contributed by atoms with E-state index in [4.69, 9.17) is 18.9 Å². The molecule has 0 bridgehead atoms. The number of thioether (sulfide) groups is 1. The first-order valence-electron chi connectivity index (χ1n) is 10.4. The molecule has 1 N–H and O–H groups in total. The molecule has 8 heteroatoms. The molecule has 0 spiro atoms. The van der Waals surface area contributed by atoms with Crippen molar-refractivity contribution in [3.8, 4) is 17.2 Å². The first kappa shape index (κ1) is 25.0. The Labute approximate surface area is 203 Å². The van der Waals surface area contributed by atoms with E-state index in [1.807, 2.05) is 6.92 Å². The molecule has 0 saturated heterocycles. The van der Waals surface area contributed by atoms with Crippen LogP contribution in [0.4, 0.5) is 5.69 Å². The van der Waals surface area contributed by atoms with Crippen LogP contribution in [0, 0.1) is 6.92 Å². The number of hydrogen-bond donors (Lipinski definition) is 1. The largest absolute Gasteiger partial charge is 0.496 e. The van der Waals surface area contributed by atoms with Gasteiger partial charge in [0.25, 0.3) is 5.91 Å². The van der Waals surface area contributed by atoms with E-state index in [9.17, 15) is 9.59 Å². The molecule has 0 aliphatic carbocycles. The quantitative estimate of drug-likeness (QED) is 0.326. The van der Waals surface area contributed by atoms with Crippen molar-refractivity contribution in [2.45, 2.75) is 17.6 Å². The molecule has 0 fully saturated rings. The molecule has 7 nitrogen and oxygen atoms in total. The molecule has 0 unspecified atom stereocenters. The molecule has 0 aliphatic heterocycles. The van der Waals surface area contributed by atoms with Crippen LogP contribution in [0.15, 0.2) is 59.5 Å². The number of rotatable bonds is 9. The lowest BCUT2D eigenvalue weighted by atomic mass is 10.1. The standard InChI is InChI=1S/C26H27NO6S/c1-16-6-9-19(10-7-16)34-15-18-12-17(8-11-22(18)30-2)25(28)27-21-14-24(32-4)23(31-3)13-20(21)26(29)33-5/h6-14H,15H2,1-5H3,(H,27,28). The maximum atomic E-state index is 13.1. The van der Waals surface area contributed by atoms with Gasteiger partial charge in [-0.05, 0) is 37.3 Å². The van der Waals surface area contributed by atoms with Crippen molar-refractivity contribution < 1.29 is 28.5 Å². The number of anilines is 1. The number of benzene rings is 3. The second-order valence-corrected chi connectivity index (χ2v) is 8.38. The van der Waals surface area contributed by atoms with E-state index in [1.165, 1.54) is 39.0 Å². The van der Waals surface area contributed by atoms with Gasteiger partial charge in [-0.15, -0.1) is 11.8 Å². The van der Waals surface area contributed by atoms with Crippen molar-refractivity contribution in [2.24, 2.45) is 0 Å². The monoisotopic (exact) mass is 481 g/mol. The first-order chi connectivity index (χ1) is 16.4. The smallest absolute Gasteiger partial charge is 0.340 e. The summed E-state index contributed by atoms with van der Waals surface area (Å²) in [5, 5.41) is 2.79. The van der Waals surface area contributed by atoms with Crippen molar-refractivity contribution in [3.05, 3.63) is 76.9 Å². The predicted octanol–water partition coefficient (Wildman–Crippen LogP) is 5.35. The summed E-state index contributed by atoms with van der Waals surface area (Å²) in [4.78, 5) is 26.5. The molecule has 3 rings (SSSR count). The molecule has 0 aliphatic rings. The van der Waals surface area contributed by atoms with Gasteiger partial charge in [0, 0.05) is 33.9 Å². The lowest BCUT2D eigenvalue weighted by Gasteiger charge is -2.15. The Morgan fingerprint density at radius 2 is 1.47 bits per heavy atom. The van der Waals surface area contributed by atoms with Gasteiger partial charge in [-0.25, -0.2) is 4.79 Å². The van der Waals surface area contributed by atoms with Crippen LogP contribution in [-0.4, -0.2) is 40.3 Å². The fourth-order valence-electron chi connectivity index (χ4n) is 3.28. The molecule has 3 aromatic rings. The summed E-state index contributed by atoms with van der Waals surface area (Å²) in [6, 6.07) is 16.5. The van der Waals surface area contributed by atoms with Crippen LogP contribution in [0.1, 0.15) is 31.8 Å². The van der Waals surface area contributed by atoms with Crippen molar-refractivity contribution in [3.63, 3.8) is 0 Å². The molecule has 178 valence electrons. The number of hydrogen-bond acceptors (Lipinski definition) is 7. The summed E-state index contributed by atoms with van der Waals surface area (Å²) in [6.45, 7) is 2.05. The zero-order valence-electron chi connectivity index (χ0n) is 19.8. The van der Waals surface area contributed by atoms with Crippen LogP contribution in [-0.2, 0) is 10.5 Å². The third-order valence-electron chi connectivity index (χ3n) is 5.14. The molecular formula is C26H27NO6S. The second kappa shape index (κ2) is 11.5. The van der Waals surface area contributed by atoms with E-state index in [1.54, 1.807) is 37.1 Å². The normalized spacial score (nSPS) is 10.4. The Morgan fingerprint density at radius 3 is 2.09 bits per heavy atom. The molecule has 34 heavy (non-hydrogen) atoms. The molecule has 0 saturated carbocycles. The zero-order valence-corrected chi connectivity index (χ0v) is 20.6. The number of carbonyl (C=O) groups is 2. The van der Waals surface area contributed by atoms with Gasteiger partial charge in [0.15, 0.2) is 11.5 Å². The Bertz CT molecular complexity index is 1180. The number of carbonyl (C=O) groups excluding carboxylic acids is 2. The van der Waals surface area contributed by atoms with E-state index < -0.39 is 5.97 Å². The number of esters is 1. The van der Waals surface area contributed by atoms with Gasteiger partial charge in [0.05, 0.1) is 39.7 Å². The number of methoxy groups -OCH3 is 4. The van der Waals surface area contributed by atoms with Crippen molar-refractivity contribution in [1.82, 2.24) is 0 Å². The average molecular weight is 482 g/mol. The lowest BCUT2D eigenvalue weighted by Crippen LogP contribution is -2.16. The van der Waals surface area contributed by atoms with E-state index in [0.29, 0.717) is 28.6 Å². The fourth-order valence-corrected chi connectivity index (χ4v) is 4.16. The van der Waals surface area contributed by atoms with Gasteiger partial charge in [0.1, 0.15) is 5.75 Å². The summed E-state index contributed by atoms with van der Waals surface area (Å²) in [7, 11) is 5.81. The number of ether oxygens (including phenoxy) is 4. The maximum absolute atomic E-state index is 13.1. The fraction of sp³-hybridized carbons (Fsp3) is 0.231. The minimum absolute atomic E-state index is 0.150. The summed E-state index contributed by atoms with van der Waals surface area (Å²) < 4.78 is 20.9. The maximum Gasteiger partial charge on any atom is 0.340 e. The number of nitrogens with one attached hydrogen (secondary N) is 1. The number of aryl methyl sites for hydroxylation is 1. The predicted molar refractivity (Wildman–Crippen MR) is 133 cm³/mol. The summed E-state index contributed by atoms with van der Waals surface area (Å²) in [5.74, 6) is 1.04. The van der Waals surface area contributed by atoms with Gasteiger partial charge < -0.3 is 24.3 Å². The van der Waals surface area contributed by atoms with Crippen molar-refractivity contribution >= 4 is 29.3 Å². The highest BCUT2D eigenvalue weighted by atomic mass is 32.2. The molecule has 0 radical (unpaired) electrons. The lowest BCUT2D eigenvalue weighted by molar-refractivity contribution is 0.0601. The summed E-state index contributed by atoms with van der Waals surface area (Å²) >= 11 is 1.65. The molecule has 3 aromatic carbocycles. The topological polar surface area (TPSA) is 83.1 Å². The Morgan fingerprint density at radius 1 is 0.824 bits per heavy atom. The summed E-state index contributed by atoms with van der Waals surface area (Å²) in [5.41, 5.74) is 2.90. The van der Waals surface area contributed by atoms with Crippen LogP contribution in [0.5, 0.6) is 17.2 Å². The first-order valence-corrected chi connectivity index (χ1v) is 11.4. The van der Waals surface area contributed by atoms with E-state index in [2.05, 4.69) is 29.6 Å². The highest BCUT2D eigenvalue weighted by molar-refractivity contribution is 7.98. The van der Waals surface area contributed by atoms with E-state index in [-0.39, 0.29) is 17.2 Å². The molecule has 1 amide bonds. The van der Waals surface area contributed by atoms with E-state index >= 15 is 0 Å². The van der Waals surface area contributed by atoms with Crippen LogP contribution >= 0.6 is 11.8 Å². The van der Waals surface area contributed by atoms with Crippen LogP contribution in [0.2, 0.25) is 0 Å². The minimum Gasteiger partial charge on any atom is -0.496 e. The highest BCUT2D eigenvalue weighted by Crippen LogP contribution is 2.34. The van der Waals surface area contributed by atoms with Crippen LogP contribution in [0.25, 0.3) is 0 Å². The van der Waals surface area contributed by atoms with Crippen LogP contribution < -0.4 is 19.5 Å². The van der Waals surface area contributed by atoms with E-state index in [0.717, 1.165) is 10.5 Å². The SMILES string of the molecule is COC(=O)c1cc(OC)c(OC)cc1NC(=O)c1ccc(OC)c(CSc2ccc(C)cc2)c1. The Kier molecular flexibility index (Phi) is 8.43. The third-order valence-corrected chi connectivity index (χ3v) is 6.20. The number of amides is 1. The van der Waals surface area contributed by atoms with Gasteiger partial charge >= 0.3 is 5.97 Å². The zero-order chi connectivity index (χ0) is 24.7. The van der Waals surface area contributed by atoms with Gasteiger partial charge in [-0.2, -0.15) is 0 Å². The van der Waals surface area contributed by atoms with Gasteiger partial charge in [-0.1, -0.05) is 17.7 Å². The second-order valence-electron chi connectivity index (χ2n) is 7.33. The average Bonchev–Trinajstić information content (AvgIpc) is 2.87. The molecule has 0 atom stereocenters. The molecular weight excluding hydrogens is 454 g/mol. The Balaban J connectivity index is 1.87. The van der Waals surface area contributed by atoms with Crippen LogP contribution in [0.3, 0.4) is 0 Å². The molecule has 0 heterocycles. The van der Waals surface area contributed by atoms with Gasteiger partial charge in [0.2, 0.25) is 0 Å². The summed E-state index contributed by atoms with van der Waals surface area (Å²) in [6.07, 6.45) is 0. The van der Waals surface area contributed by atoms with Gasteiger partial charge in [-0.3, -0.25) is 4.79 Å². The highest BCUT2D eigenvalue weighted by Gasteiger charge is 2.20. The van der Waals surface area contributed by atoms with Crippen molar-refractivity contribution in [2.75, 3.05) is 33.8 Å².